The van der Waals surface area contributed by atoms with Crippen LogP contribution < -0.4 is 4.74 Å². The summed E-state index contributed by atoms with van der Waals surface area (Å²) in [5, 5.41) is 0. The number of furan rings is 1. The van der Waals surface area contributed by atoms with E-state index in [0.717, 1.165) is 0 Å². The Kier molecular flexibility index (Phi) is 5.13. The second-order valence-electron chi connectivity index (χ2n) is 4.85. The summed E-state index contributed by atoms with van der Waals surface area (Å²) in [5.74, 6) is 1.25. The van der Waals surface area contributed by atoms with Gasteiger partial charge in [0.25, 0.3) is 0 Å². The van der Waals surface area contributed by atoms with E-state index in [2.05, 4.69) is 0 Å². The highest BCUT2D eigenvalue weighted by Crippen LogP contribution is 2.22. The maximum Gasteiger partial charge on any atom is 0.195 e. The van der Waals surface area contributed by atoms with Gasteiger partial charge in [-0.1, -0.05) is 11.6 Å². The highest BCUT2D eigenvalue weighted by atomic mass is 35.5. The lowest BCUT2D eigenvalue weighted by molar-refractivity contribution is 0.105. The molecule has 0 bridgehead atoms. The largest absolute Gasteiger partial charge is 0.486 e. The van der Waals surface area contributed by atoms with Gasteiger partial charge >= 0.3 is 0 Å². The Hall–Kier alpha value is -2.37. The van der Waals surface area contributed by atoms with Crippen LogP contribution >= 0.6 is 22.9 Å². The van der Waals surface area contributed by atoms with Gasteiger partial charge in [0, 0.05) is 0 Å². The van der Waals surface area contributed by atoms with Crippen molar-refractivity contribution in [3.8, 4) is 5.75 Å². The number of benzene rings is 1. The summed E-state index contributed by atoms with van der Waals surface area (Å²) in [6.45, 7) is 0.216. The van der Waals surface area contributed by atoms with Crippen LogP contribution in [0.15, 0.2) is 59.0 Å². The first-order valence-electron chi connectivity index (χ1n) is 7.05. The molecule has 3 aromatic rings. The molecule has 0 fully saturated rings. The number of allylic oxidation sites excluding steroid dienone is 1. The molecule has 3 nitrogen and oxygen atoms in total. The van der Waals surface area contributed by atoms with E-state index in [1.54, 1.807) is 42.5 Å². The predicted molar refractivity (Wildman–Crippen MR) is 92.1 cm³/mol. The summed E-state index contributed by atoms with van der Waals surface area (Å²) in [4.78, 5) is 12.5. The van der Waals surface area contributed by atoms with Gasteiger partial charge in [0.2, 0.25) is 0 Å². The van der Waals surface area contributed by atoms with Gasteiger partial charge < -0.3 is 9.15 Å². The molecule has 0 N–H and O–H groups in total. The number of carbonyl (C=O) groups is 1. The van der Waals surface area contributed by atoms with Gasteiger partial charge in [0.15, 0.2) is 5.78 Å². The summed E-state index contributed by atoms with van der Waals surface area (Å²) in [5.41, 5.74) is 0. The molecule has 0 aliphatic heterocycles. The fourth-order valence-electron chi connectivity index (χ4n) is 1.93. The monoisotopic (exact) mass is 362 g/mol. The topological polar surface area (TPSA) is 39.4 Å². The van der Waals surface area contributed by atoms with E-state index in [-0.39, 0.29) is 18.2 Å². The highest BCUT2D eigenvalue weighted by Gasteiger charge is 2.06. The molecule has 0 radical (unpaired) electrons. The third-order valence-corrected chi connectivity index (χ3v) is 4.34. The van der Waals surface area contributed by atoms with Crippen LogP contribution in [0, 0.1) is 5.82 Å². The van der Waals surface area contributed by atoms with Crippen LogP contribution in [0.4, 0.5) is 4.39 Å². The average Bonchev–Trinajstić information content (AvgIpc) is 3.21. The van der Waals surface area contributed by atoms with Gasteiger partial charge in [-0.05, 0) is 60.7 Å². The Morgan fingerprint density at radius 1 is 1.17 bits per heavy atom. The van der Waals surface area contributed by atoms with Crippen LogP contribution in [-0.4, -0.2) is 5.78 Å². The molecule has 0 amide bonds. The fourth-order valence-corrected chi connectivity index (χ4v) is 2.90. The lowest BCUT2D eigenvalue weighted by Gasteiger charge is -2.03. The summed E-state index contributed by atoms with van der Waals surface area (Å²) in [6, 6.07) is 12.6. The van der Waals surface area contributed by atoms with Crippen molar-refractivity contribution in [1.29, 1.82) is 0 Å². The van der Waals surface area contributed by atoms with Crippen molar-refractivity contribution in [2.75, 3.05) is 0 Å². The zero-order valence-electron chi connectivity index (χ0n) is 12.4. The lowest BCUT2D eigenvalue weighted by atomic mass is 10.3. The van der Waals surface area contributed by atoms with E-state index < -0.39 is 0 Å². The Morgan fingerprint density at radius 2 is 1.96 bits per heavy atom. The van der Waals surface area contributed by atoms with Crippen molar-refractivity contribution in [3.05, 3.63) is 81.2 Å². The van der Waals surface area contributed by atoms with Crippen LogP contribution in [0.1, 0.15) is 21.2 Å². The third kappa shape index (κ3) is 4.34. The molecular weight excluding hydrogens is 351 g/mol. The number of halogens is 2. The van der Waals surface area contributed by atoms with Gasteiger partial charge in [-0.2, -0.15) is 0 Å². The molecule has 0 saturated carbocycles. The highest BCUT2D eigenvalue weighted by molar-refractivity contribution is 7.18. The van der Waals surface area contributed by atoms with Gasteiger partial charge in [0.05, 0.1) is 9.21 Å². The predicted octanol–water partition coefficient (Wildman–Crippen LogP) is 5.61. The third-order valence-electron chi connectivity index (χ3n) is 3.09. The zero-order valence-corrected chi connectivity index (χ0v) is 13.9. The van der Waals surface area contributed by atoms with Gasteiger partial charge in [0.1, 0.15) is 29.7 Å². The number of ketones is 1. The lowest BCUT2D eigenvalue weighted by Crippen LogP contribution is -1.93. The molecule has 3 rings (SSSR count). The molecule has 0 aliphatic carbocycles. The van der Waals surface area contributed by atoms with E-state index in [1.807, 2.05) is 0 Å². The number of hydrogen-bond donors (Lipinski definition) is 0. The Morgan fingerprint density at radius 3 is 2.67 bits per heavy atom. The maximum absolute atomic E-state index is 12.8. The molecule has 2 aromatic heterocycles. The SMILES string of the molecule is O=C(/C=C/c1ccc(COc2ccc(F)cc2)o1)c1ccc(Cl)s1. The van der Waals surface area contributed by atoms with Gasteiger partial charge in [-0.25, -0.2) is 4.39 Å². The van der Waals surface area contributed by atoms with E-state index in [0.29, 0.717) is 26.5 Å². The first-order valence-corrected chi connectivity index (χ1v) is 8.24. The van der Waals surface area contributed by atoms with Crippen LogP contribution in [0.3, 0.4) is 0 Å². The molecule has 0 spiro atoms. The van der Waals surface area contributed by atoms with E-state index in [4.69, 9.17) is 20.8 Å². The minimum Gasteiger partial charge on any atom is -0.486 e. The number of thiophene rings is 1. The molecule has 0 atom stereocenters. The Bertz CT molecular complexity index is 865. The van der Waals surface area contributed by atoms with Crippen molar-refractivity contribution in [3.63, 3.8) is 0 Å². The van der Waals surface area contributed by atoms with Crippen molar-refractivity contribution in [2.24, 2.45) is 0 Å². The quantitative estimate of drug-likeness (QED) is 0.422. The Labute approximate surface area is 146 Å². The normalized spacial score (nSPS) is 11.1. The maximum atomic E-state index is 12.8. The van der Waals surface area contributed by atoms with Crippen molar-refractivity contribution >= 4 is 34.8 Å². The summed E-state index contributed by atoms with van der Waals surface area (Å²) < 4.78 is 24.4. The molecule has 122 valence electrons. The average molecular weight is 363 g/mol. The summed E-state index contributed by atoms with van der Waals surface area (Å²) in [7, 11) is 0. The molecule has 0 saturated heterocycles. The molecule has 0 unspecified atom stereocenters. The zero-order chi connectivity index (χ0) is 16.9. The van der Waals surface area contributed by atoms with E-state index in [9.17, 15) is 9.18 Å². The molecule has 6 heteroatoms. The van der Waals surface area contributed by atoms with Crippen LogP contribution in [0.25, 0.3) is 6.08 Å². The molecule has 24 heavy (non-hydrogen) atoms. The molecule has 0 aliphatic rings. The van der Waals surface area contributed by atoms with Crippen LogP contribution in [-0.2, 0) is 6.61 Å². The fraction of sp³-hybridized carbons (Fsp3) is 0.0556. The molecule has 2 heterocycles. The minimum absolute atomic E-state index is 0.132. The minimum atomic E-state index is -0.315. The first-order chi connectivity index (χ1) is 11.6. The van der Waals surface area contributed by atoms with E-state index in [1.165, 1.54) is 29.5 Å². The van der Waals surface area contributed by atoms with Crippen molar-refractivity contribution in [2.45, 2.75) is 6.61 Å². The smallest absolute Gasteiger partial charge is 0.195 e. The molecular formula is C18H12ClFO3S. The summed E-state index contributed by atoms with van der Waals surface area (Å²) >= 11 is 7.04. The second kappa shape index (κ2) is 7.47. The number of ether oxygens (including phenoxy) is 1. The van der Waals surface area contributed by atoms with Crippen LogP contribution in [0.5, 0.6) is 5.75 Å². The first kappa shape index (κ1) is 16.5. The second-order valence-corrected chi connectivity index (χ2v) is 6.56. The van der Waals surface area contributed by atoms with Crippen molar-refractivity contribution < 1.29 is 18.3 Å². The van der Waals surface area contributed by atoms with Crippen LogP contribution in [0.2, 0.25) is 4.34 Å². The van der Waals surface area contributed by atoms with Gasteiger partial charge in [-0.15, -0.1) is 11.3 Å². The molecule has 1 aromatic carbocycles. The number of rotatable bonds is 6. The van der Waals surface area contributed by atoms with E-state index >= 15 is 0 Å². The van der Waals surface area contributed by atoms with Crippen molar-refractivity contribution in [1.82, 2.24) is 0 Å². The van der Waals surface area contributed by atoms with Gasteiger partial charge in [-0.3, -0.25) is 4.79 Å². The number of carbonyl (C=O) groups excluding carboxylic acids is 1. The standard InChI is InChI=1S/C18H12ClFO3S/c19-18-10-9-17(24-18)16(21)8-7-14-5-6-15(23-14)11-22-13-3-1-12(20)2-4-13/h1-10H,11H2/b8-7+. The number of hydrogen-bond acceptors (Lipinski definition) is 4. The summed E-state index contributed by atoms with van der Waals surface area (Å²) in [6.07, 6.45) is 3.03. The Balaban J connectivity index is 1.58.